The topological polar surface area (TPSA) is 72.2 Å². The summed E-state index contributed by atoms with van der Waals surface area (Å²) in [5.41, 5.74) is 5.44. The van der Waals surface area contributed by atoms with Gasteiger partial charge < -0.3 is 5.73 Å². The number of nitrogens with one attached hydrogen (secondary N) is 1. The van der Waals surface area contributed by atoms with Crippen LogP contribution in [-0.2, 0) is 10.0 Å². The molecule has 3 N–H and O–H groups in total. The van der Waals surface area contributed by atoms with Crippen molar-refractivity contribution in [1.82, 2.24) is 4.72 Å². The summed E-state index contributed by atoms with van der Waals surface area (Å²) < 4.78 is 26.8. The maximum absolute atomic E-state index is 12.1. The molecule has 6 heteroatoms. The Kier molecular flexibility index (Phi) is 4.19. The van der Waals surface area contributed by atoms with E-state index in [1.165, 1.54) is 6.07 Å². The molecule has 0 radical (unpaired) electrons. The molecule has 4 nitrogen and oxygen atoms in total. The van der Waals surface area contributed by atoms with Crippen LogP contribution in [0.5, 0.6) is 0 Å². The van der Waals surface area contributed by atoms with Crippen molar-refractivity contribution in [2.24, 2.45) is 5.73 Å². The van der Waals surface area contributed by atoms with E-state index in [2.05, 4.69) is 4.72 Å². The van der Waals surface area contributed by atoms with Crippen LogP contribution in [-0.4, -0.2) is 20.5 Å². The lowest BCUT2D eigenvalue weighted by Crippen LogP contribution is -2.48. The van der Waals surface area contributed by atoms with Crippen molar-refractivity contribution in [2.45, 2.75) is 31.2 Å². The van der Waals surface area contributed by atoms with Crippen molar-refractivity contribution < 1.29 is 8.42 Å². The molecule has 0 heterocycles. The second-order valence-electron chi connectivity index (χ2n) is 4.60. The molecule has 0 spiro atoms. The zero-order valence-electron chi connectivity index (χ0n) is 10.1. The molecule has 0 amide bonds. The molecule has 1 aromatic rings. The number of benzene rings is 1. The predicted molar refractivity (Wildman–Crippen MR) is 69.6 cm³/mol. The maximum atomic E-state index is 12.1. The Morgan fingerprint density at radius 3 is 2.47 bits per heavy atom. The summed E-state index contributed by atoms with van der Waals surface area (Å²) in [6.07, 6.45) is 0. The third kappa shape index (κ3) is 3.67. The first-order valence-corrected chi connectivity index (χ1v) is 7.04. The second-order valence-corrected chi connectivity index (χ2v) is 6.69. The van der Waals surface area contributed by atoms with Crippen molar-refractivity contribution in [3.05, 3.63) is 28.8 Å². The van der Waals surface area contributed by atoms with E-state index in [1.54, 1.807) is 32.9 Å². The fraction of sp³-hybridized carbons (Fsp3) is 0.455. The van der Waals surface area contributed by atoms with E-state index in [4.69, 9.17) is 17.3 Å². The molecule has 17 heavy (non-hydrogen) atoms. The van der Waals surface area contributed by atoms with E-state index < -0.39 is 15.6 Å². The lowest BCUT2D eigenvalue weighted by atomic mass is 10.1. The van der Waals surface area contributed by atoms with Gasteiger partial charge in [0.25, 0.3) is 0 Å². The minimum Gasteiger partial charge on any atom is -0.329 e. The fourth-order valence-corrected chi connectivity index (χ4v) is 3.25. The molecular weight excluding hydrogens is 260 g/mol. The maximum Gasteiger partial charge on any atom is 0.241 e. The van der Waals surface area contributed by atoms with Crippen LogP contribution in [0.4, 0.5) is 0 Å². The molecule has 0 aromatic heterocycles. The second kappa shape index (κ2) is 4.94. The van der Waals surface area contributed by atoms with Gasteiger partial charge >= 0.3 is 0 Å². The minimum absolute atomic E-state index is 0.221. The Morgan fingerprint density at radius 2 is 2.00 bits per heavy atom. The highest BCUT2D eigenvalue weighted by Crippen LogP contribution is 2.20. The minimum atomic E-state index is -3.57. The Hall–Kier alpha value is -0.620. The van der Waals surface area contributed by atoms with Gasteiger partial charge in [0.1, 0.15) is 0 Å². The fourth-order valence-electron chi connectivity index (χ4n) is 1.37. The van der Waals surface area contributed by atoms with Gasteiger partial charge in [0.2, 0.25) is 10.0 Å². The summed E-state index contributed by atoms with van der Waals surface area (Å²) in [5, 5.41) is 0.513. The summed E-state index contributed by atoms with van der Waals surface area (Å²) >= 11 is 5.79. The molecule has 0 aliphatic rings. The van der Waals surface area contributed by atoms with Gasteiger partial charge in [-0.15, -0.1) is 0 Å². The Labute approximate surface area is 107 Å². The molecule has 0 unspecified atom stereocenters. The zero-order valence-corrected chi connectivity index (χ0v) is 11.7. The van der Waals surface area contributed by atoms with Gasteiger partial charge in [-0.3, -0.25) is 0 Å². The third-order valence-corrected chi connectivity index (χ3v) is 4.44. The van der Waals surface area contributed by atoms with Crippen molar-refractivity contribution in [2.75, 3.05) is 6.54 Å². The molecule has 1 rings (SSSR count). The van der Waals surface area contributed by atoms with E-state index in [9.17, 15) is 8.42 Å². The average Bonchev–Trinajstić information content (AvgIpc) is 2.15. The number of hydrogen-bond acceptors (Lipinski definition) is 3. The van der Waals surface area contributed by atoms with Gasteiger partial charge in [0.05, 0.1) is 4.90 Å². The van der Waals surface area contributed by atoms with Gasteiger partial charge in [-0.05, 0) is 44.5 Å². The van der Waals surface area contributed by atoms with Crippen LogP contribution in [0, 0.1) is 6.92 Å². The van der Waals surface area contributed by atoms with E-state index in [0.29, 0.717) is 10.6 Å². The Bertz CT molecular complexity index is 512. The number of rotatable bonds is 4. The van der Waals surface area contributed by atoms with Crippen LogP contribution in [0.1, 0.15) is 19.4 Å². The standard InChI is InChI=1S/C11H17ClN2O2S/c1-8-6-9(12)4-5-10(8)17(15,16)14-11(2,3)7-13/h4-6,14H,7,13H2,1-3H3. The van der Waals surface area contributed by atoms with Crippen LogP contribution >= 0.6 is 11.6 Å². The molecule has 96 valence electrons. The average molecular weight is 277 g/mol. The monoisotopic (exact) mass is 276 g/mol. The lowest BCUT2D eigenvalue weighted by molar-refractivity contribution is 0.462. The molecule has 0 aliphatic heterocycles. The quantitative estimate of drug-likeness (QED) is 0.879. The van der Waals surface area contributed by atoms with Crippen molar-refractivity contribution in [1.29, 1.82) is 0 Å². The van der Waals surface area contributed by atoms with Crippen molar-refractivity contribution in [3.8, 4) is 0 Å². The summed E-state index contributed by atoms with van der Waals surface area (Å²) in [6, 6.07) is 4.66. The molecular formula is C11H17ClN2O2S. The normalized spacial score (nSPS) is 12.8. The smallest absolute Gasteiger partial charge is 0.241 e. The molecule has 0 fully saturated rings. The number of hydrogen-bond donors (Lipinski definition) is 2. The summed E-state index contributed by atoms with van der Waals surface area (Å²) in [7, 11) is -3.57. The highest BCUT2D eigenvalue weighted by Gasteiger charge is 2.25. The number of sulfonamides is 1. The van der Waals surface area contributed by atoms with Crippen LogP contribution in [0.2, 0.25) is 5.02 Å². The van der Waals surface area contributed by atoms with Crippen LogP contribution in [0.15, 0.2) is 23.1 Å². The summed E-state index contributed by atoms with van der Waals surface area (Å²) in [5.74, 6) is 0. The molecule has 0 saturated heterocycles. The van der Waals surface area contributed by atoms with Gasteiger partial charge in [-0.2, -0.15) is 0 Å². The molecule has 0 bridgehead atoms. The van der Waals surface area contributed by atoms with E-state index in [1.807, 2.05) is 0 Å². The third-order valence-electron chi connectivity index (χ3n) is 2.35. The van der Waals surface area contributed by atoms with Crippen molar-refractivity contribution >= 4 is 21.6 Å². The van der Waals surface area contributed by atoms with Gasteiger partial charge in [0, 0.05) is 17.1 Å². The van der Waals surface area contributed by atoms with Gasteiger partial charge in [-0.1, -0.05) is 11.6 Å². The SMILES string of the molecule is Cc1cc(Cl)ccc1S(=O)(=O)NC(C)(C)CN. The zero-order chi connectivity index (χ0) is 13.3. The van der Waals surface area contributed by atoms with Gasteiger partial charge in [0.15, 0.2) is 0 Å². The Balaban J connectivity index is 3.14. The molecule has 0 atom stereocenters. The number of halogens is 1. The highest BCUT2D eigenvalue weighted by atomic mass is 35.5. The van der Waals surface area contributed by atoms with Crippen molar-refractivity contribution in [3.63, 3.8) is 0 Å². The Morgan fingerprint density at radius 1 is 1.41 bits per heavy atom. The summed E-state index contributed by atoms with van der Waals surface area (Å²) in [6.45, 7) is 5.39. The summed E-state index contributed by atoms with van der Waals surface area (Å²) in [4.78, 5) is 0.225. The highest BCUT2D eigenvalue weighted by molar-refractivity contribution is 7.89. The van der Waals surface area contributed by atoms with Crippen LogP contribution < -0.4 is 10.5 Å². The van der Waals surface area contributed by atoms with Crippen LogP contribution in [0.25, 0.3) is 0 Å². The van der Waals surface area contributed by atoms with Crippen LogP contribution in [0.3, 0.4) is 0 Å². The van der Waals surface area contributed by atoms with Gasteiger partial charge in [-0.25, -0.2) is 13.1 Å². The first kappa shape index (κ1) is 14.4. The van der Waals surface area contributed by atoms with E-state index in [0.717, 1.165) is 0 Å². The molecule has 1 aromatic carbocycles. The first-order chi connectivity index (χ1) is 7.68. The number of nitrogens with two attached hydrogens (primary N) is 1. The van der Waals surface area contributed by atoms with E-state index >= 15 is 0 Å². The molecule has 0 aliphatic carbocycles. The lowest BCUT2D eigenvalue weighted by Gasteiger charge is -2.24. The first-order valence-electron chi connectivity index (χ1n) is 5.18. The predicted octanol–water partition coefficient (Wildman–Crippen LogP) is 1.66. The number of aryl methyl sites for hydroxylation is 1. The van der Waals surface area contributed by atoms with E-state index in [-0.39, 0.29) is 11.4 Å². The largest absolute Gasteiger partial charge is 0.329 e. The molecule has 0 saturated carbocycles.